The Morgan fingerprint density at radius 2 is 1.57 bits per heavy atom. The molecule has 1 aromatic heterocycles. The number of carbonyl (C=O) groups excluding carboxylic acids is 1. The minimum absolute atomic E-state index is 0.0279. The lowest BCUT2D eigenvalue weighted by molar-refractivity contribution is 0.0823. The molecule has 0 atom stereocenters. The Bertz CT molecular complexity index is 1460. The topological polar surface area (TPSA) is 101 Å². The highest BCUT2D eigenvalue weighted by atomic mass is 32.2. The largest absolute Gasteiger partial charge is 0.439 e. The maximum atomic E-state index is 14.4. The smallest absolute Gasteiger partial charge is 0.264 e. The lowest BCUT2D eigenvalue weighted by atomic mass is 10.1. The summed E-state index contributed by atoms with van der Waals surface area (Å²) in [6.45, 7) is 0. The van der Waals surface area contributed by atoms with Crippen LogP contribution in [0.1, 0.15) is 10.4 Å². The second-order valence-electron chi connectivity index (χ2n) is 7.64. The van der Waals surface area contributed by atoms with Crippen LogP contribution in [0.4, 0.5) is 10.3 Å². The zero-order valence-corrected chi connectivity index (χ0v) is 19.7. The maximum Gasteiger partial charge on any atom is 0.264 e. The molecule has 0 aliphatic rings. The zero-order chi connectivity index (χ0) is 25.0. The summed E-state index contributed by atoms with van der Waals surface area (Å²) < 4.78 is 48.2. The minimum atomic E-state index is -3.99. The van der Waals surface area contributed by atoms with E-state index in [1.165, 1.54) is 49.3 Å². The molecule has 4 rings (SSSR count). The van der Waals surface area contributed by atoms with Crippen molar-refractivity contribution in [3.8, 4) is 22.9 Å². The van der Waals surface area contributed by atoms with Gasteiger partial charge in [-0.3, -0.25) is 4.79 Å². The van der Waals surface area contributed by atoms with Crippen molar-refractivity contribution in [2.45, 2.75) is 4.90 Å². The molecule has 0 saturated carbocycles. The van der Waals surface area contributed by atoms with Crippen molar-refractivity contribution in [2.75, 3.05) is 18.8 Å². The lowest BCUT2D eigenvalue weighted by Crippen LogP contribution is -2.22. The summed E-state index contributed by atoms with van der Waals surface area (Å²) in [5.41, 5.74) is 0.449. The predicted molar refractivity (Wildman–Crippen MR) is 129 cm³/mol. The molecule has 10 heteroatoms. The van der Waals surface area contributed by atoms with Gasteiger partial charge in [0.2, 0.25) is 11.8 Å². The first-order chi connectivity index (χ1) is 16.7. The molecule has 178 valence electrons. The summed E-state index contributed by atoms with van der Waals surface area (Å²) in [5, 5.41) is 0. The highest BCUT2D eigenvalue weighted by Crippen LogP contribution is 2.28. The number of benzene rings is 3. The monoisotopic (exact) mass is 492 g/mol. The summed E-state index contributed by atoms with van der Waals surface area (Å²) in [4.78, 5) is 22.2. The summed E-state index contributed by atoms with van der Waals surface area (Å²) in [5.74, 6) is -0.938. The molecular weight excluding hydrogens is 471 g/mol. The van der Waals surface area contributed by atoms with Crippen LogP contribution < -0.4 is 9.46 Å². The normalized spacial score (nSPS) is 11.1. The maximum absolute atomic E-state index is 14.4. The van der Waals surface area contributed by atoms with Gasteiger partial charge in [-0.2, -0.15) is 4.98 Å². The van der Waals surface area contributed by atoms with E-state index in [9.17, 15) is 17.6 Å². The molecule has 8 nitrogen and oxygen atoms in total. The molecule has 0 bridgehead atoms. The van der Waals surface area contributed by atoms with Gasteiger partial charge in [0.1, 0.15) is 11.6 Å². The number of hydrogen-bond donors (Lipinski definition) is 1. The molecule has 0 unspecified atom stereocenters. The first kappa shape index (κ1) is 23.8. The molecule has 35 heavy (non-hydrogen) atoms. The van der Waals surface area contributed by atoms with E-state index >= 15 is 0 Å². The summed E-state index contributed by atoms with van der Waals surface area (Å²) in [6.07, 6.45) is 0. The van der Waals surface area contributed by atoms with E-state index in [0.29, 0.717) is 11.3 Å². The summed E-state index contributed by atoms with van der Waals surface area (Å²) in [7, 11) is -0.962. The second-order valence-corrected chi connectivity index (χ2v) is 9.33. The fourth-order valence-electron chi connectivity index (χ4n) is 3.15. The van der Waals surface area contributed by atoms with Gasteiger partial charge in [0.15, 0.2) is 0 Å². The Morgan fingerprint density at radius 3 is 2.23 bits per heavy atom. The van der Waals surface area contributed by atoms with Crippen LogP contribution >= 0.6 is 0 Å². The number of aromatic nitrogens is 2. The number of nitrogens with zero attached hydrogens (tertiary/aromatic N) is 3. The first-order valence-electron chi connectivity index (χ1n) is 10.4. The van der Waals surface area contributed by atoms with Crippen LogP contribution in [0.2, 0.25) is 0 Å². The first-order valence-corrected chi connectivity index (χ1v) is 11.9. The number of ether oxygens (including phenoxy) is 1. The number of sulfonamides is 1. The highest BCUT2D eigenvalue weighted by molar-refractivity contribution is 7.92. The van der Waals surface area contributed by atoms with Crippen molar-refractivity contribution in [3.63, 3.8) is 0 Å². The van der Waals surface area contributed by atoms with Gasteiger partial charge in [-0.1, -0.05) is 36.4 Å². The van der Waals surface area contributed by atoms with Crippen molar-refractivity contribution in [2.24, 2.45) is 0 Å². The van der Waals surface area contributed by atoms with E-state index in [1.54, 1.807) is 42.5 Å². The fraction of sp³-hybridized carbons (Fsp3) is 0.0800. The number of carbonyl (C=O) groups is 1. The van der Waals surface area contributed by atoms with Gasteiger partial charge in [-0.15, -0.1) is 0 Å². The summed E-state index contributed by atoms with van der Waals surface area (Å²) >= 11 is 0. The van der Waals surface area contributed by atoms with Crippen LogP contribution in [0.25, 0.3) is 11.3 Å². The van der Waals surface area contributed by atoms with Gasteiger partial charge >= 0.3 is 0 Å². The van der Waals surface area contributed by atoms with Crippen LogP contribution in [0.15, 0.2) is 89.8 Å². The van der Waals surface area contributed by atoms with Crippen molar-refractivity contribution >= 4 is 21.9 Å². The van der Waals surface area contributed by atoms with Crippen molar-refractivity contribution in [1.29, 1.82) is 0 Å². The highest BCUT2D eigenvalue weighted by Gasteiger charge is 2.19. The molecule has 4 aromatic rings. The average Bonchev–Trinajstić information content (AvgIpc) is 2.84. The van der Waals surface area contributed by atoms with E-state index in [1.807, 2.05) is 6.07 Å². The molecule has 0 saturated heterocycles. The zero-order valence-electron chi connectivity index (χ0n) is 18.8. The summed E-state index contributed by atoms with van der Waals surface area (Å²) in [6, 6.07) is 22.0. The average molecular weight is 493 g/mol. The third-order valence-electron chi connectivity index (χ3n) is 4.85. The molecular formula is C25H21FN4O4S. The number of para-hydroxylation sites is 1. The van der Waals surface area contributed by atoms with Gasteiger partial charge in [0.25, 0.3) is 15.9 Å². The lowest BCUT2D eigenvalue weighted by Gasteiger charge is -2.14. The Hall–Kier alpha value is -4.31. The van der Waals surface area contributed by atoms with E-state index in [0.717, 1.165) is 6.07 Å². The van der Waals surface area contributed by atoms with Crippen LogP contribution in [0, 0.1) is 5.82 Å². The van der Waals surface area contributed by atoms with Crippen LogP contribution in [-0.2, 0) is 10.0 Å². The van der Waals surface area contributed by atoms with E-state index in [2.05, 4.69) is 14.7 Å². The predicted octanol–water partition coefficient (Wildman–Crippen LogP) is 4.58. The Morgan fingerprint density at radius 1 is 0.914 bits per heavy atom. The number of hydrogen-bond acceptors (Lipinski definition) is 6. The molecule has 0 radical (unpaired) electrons. The molecule has 1 amide bonds. The quantitative estimate of drug-likeness (QED) is 0.405. The molecule has 0 aliphatic heterocycles. The van der Waals surface area contributed by atoms with Crippen molar-refractivity contribution < 1.29 is 22.3 Å². The standard InChI is InChI=1S/C25H21FN4O4S/c1-30(2)24(31)20-15-17(13-14-21(20)26)22-16-23(34-18-9-5-3-6-10-18)28-25(27-22)29-35(32,33)19-11-7-4-8-12-19/h3-16H,1-2H3,(H,27,28,29). The minimum Gasteiger partial charge on any atom is -0.439 e. The van der Waals surface area contributed by atoms with Crippen LogP contribution in [0.3, 0.4) is 0 Å². The van der Waals surface area contributed by atoms with Gasteiger partial charge < -0.3 is 9.64 Å². The molecule has 1 N–H and O–H groups in total. The Balaban J connectivity index is 1.79. The number of nitrogens with one attached hydrogen (secondary N) is 1. The second kappa shape index (κ2) is 9.90. The van der Waals surface area contributed by atoms with Crippen LogP contribution in [-0.4, -0.2) is 43.3 Å². The third-order valence-corrected chi connectivity index (χ3v) is 6.19. The van der Waals surface area contributed by atoms with Gasteiger partial charge in [0.05, 0.1) is 16.2 Å². The molecule has 0 spiro atoms. The molecule has 0 aliphatic carbocycles. The SMILES string of the molecule is CN(C)C(=O)c1cc(-c2cc(Oc3ccccc3)nc(NS(=O)(=O)c3ccccc3)n2)ccc1F. The van der Waals surface area contributed by atoms with E-state index in [-0.39, 0.29) is 28.0 Å². The molecule has 0 fully saturated rings. The van der Waals surface area contributed by atoms with Crippen molar-refractivity contribution in [1.82, 2.24) is 14.9 Å². The van der Waals surface area contributed by atoms with E-state index in [4.69, 9.17) is 4.74 Å². The Labute approximate surface area is 202 Å². The van der Waals surface area contributed by atoms with Crippen molar-refractivity contribution in [3.05, 3.63) is 96.3 Å². The third kappa shape index (κ3) is 5.61. The fourth-order valence-corrected chi connectivity index (χ4v) is 4.11. The van der Waals surface area contributed by atoms with Gasteiger partial charge in [0, 0.05) is 25.7 Å². The number of anilines is 1. The Kier molecular flexibility index (Phi) is 6.74. The van der Waals surface area contributed by atoms with E-state index < -0.39 is 21.7 Å². The van der Waals surface area contributed by atoms with Gasteiger partial charge in [-0.25, -0.2) is 22.5 Å². The number of rotatable bonds is 7. The number of halogens is 1. The number of amides is 1. The van der Waals surface area contributed by atoms with Gasteiger partial charge in [-0.05, 0) is 42.5 Å². The molecule has 1 heterocycles. The molecule has 3 aromatic carbocycles. The van der Waals surface area contributed by atoms with Crippen LogP contribution in [0.5, 0.6) is 11.6 Å².